The van der Waals surface area contributed by atoms with Crippen molar-refractivity contribution in [2.75, 3.05) is 5.32 Å². The molecule has 2 rings (SSSR count). The van der Waals surface area contributed by atoms with E-state index in [0.717, 1.165) is 18.5 Å². The lowest BCUT2D eigenvalue weighted by Gasteiger charge is -2.06. The first-order valence-electron chi connectivity index (χ1n) is 4.53. The molecular formula is C10H6ClF2N3O. The molecule has 0 spiro atoms. The normalized spacial score (nSPS) is 10.3. The van der Waals surface area contributed by atoms with Gasteiger partial charge in [-0.25, -0.2) is 13.8 Å². The van der Waals surface area contributed by atoms with Gasteiger partial charge in [0.05, 0.1) is 6.33 Å². The van der Waals surface area contributed by atoms with Gasteiger partial charge in [0.2, 0.25) is 0 Å². The summed E-state index contributed by atoms with van der Waals surface area (Å²) in [6, 6.07) is 3.20. The van der Waals surface area contributed by atoms with Crippen molar-refractivity contribution in [3.05, 3.63) is 51.5 Å². The predicted molar refractivity (Wildman–Crippen MR) is 59.5 cm³/mol. The molecule has 0 saturated heterocycles. The van der Waals surface area contributed by atoms with Gasteiger partial charge in [0, 0.05) is 11.8 Å². The summed E-state index contributed by atoms with van der Waals surface area (Å²) in [6.07, 6.45) is 1.15. The average Bonchev–Trinajstić information content (AvgIpc) is 2.30. The van der Waals surface area contributed by atoms with Gasteiger partial charge in [0.25, 0.3) is 5.56 Å². The number of anilines is 2. The summed E-state index contributed by atoms with van der Waals surface area (Å²) in [6.45, 7) is 0. The molecule has 1 aromatic heterocycles. The molecule has 0 aliphatic heterocycles. The highest BCUT2D eigenvalue weighted by Crippen LogP contribution is 2.20. The summed E-state index contributed by atoms with van der Waals surface area (Å²) in [7, 11) is 0. The minimum atomic E-state index is -1.00. The second-order valence-corrected chi connectivity index (χ2v) is 3.53. The maximum Gasteiger partial charge on any atom is 0.271 e. The molecule has 0 aliphatic carbocycles. The SMILES string of the molecule is O=c1[nH]cnc(Nc2ccc(F)c(F)c2)c1Cl. The van der Waals surface area contributed by atoms with Crippen LogP contribution in [0.3, 0.4) is 0 Å². The third-order valence-corrected chi connectivity index (χ3v) is 2.33. The van der Waals surface area contributed by atoms with Crippen molar-refractivity contribution in [2.24, 2.45) is 0 Å². The minimum absolute atomic E-state index is 0.0708. The Morgan fingerprint density at radius 1 is 1.29 bits per heavy atom. The summed E-state index contributed by atoms with van der Waals surface area (Å²) in [5.41, 5.74) is -0.282. The first kappa shape index (κ1) is 11.5. The van der Waals surface area contributed by atoms with Gasteiger partial charge in [-0.15, -0.1) is 0 Å². The van der Waals surface area contributed by atoms with E-state index in [1.165, 1.54) is 6.07 Å². The van der Waals surface area contributed by atoms with Crippen LogP contribution in [0, 0.1) is 11.6 Å². The molecule has 88 valence electrons. The quantitative estimate of drug-likeness (QED) is 0.869. The van der Waals surface area contributed by atoms with Gasteiger partial charge in [-0.3, -0.25) is 4.79 Å². The second-order valence-electron chi connectivity index (χ2n) is 3.15. The Morgan fingerprint density at radius 2 is 2.06 bits per heavy atom. The molecule has 1 heterocycles. The molecular weight excluding hydrogens is 252 g/mol. The molecule has 0 saturated carbocycles. The summed E-state index contributed by atoms with van der Waals surface area (Å²) in [4.78, 5) is 17.2. The monoisotopic (exact) mass is 257 g/mol. The highest BCUT2D eigenvalue weighted by atomic mass is 35.5. The molecule has 0 unspecified atom stereocenters. The number of nitrogens with one attached hydrogen (secondary N) is 2. The van der Waals surface area contributed by atoms with Crippen molar-refractivity contribution in [3.8, 4) is 0 Å². The van der Waals surface area contributed by atoms with Crippen LogP contribution >= 0.6 is 11.6 Å². The highest BCUT2D eigenvalue weighted by Gasteiger charge is 2.07. The molecule has 1 aromatic carbocycles. The maximum atomic E-state index is 12.9. The molecule has 0 fully saturated rings. The molecule has 0 bridgehead atoms. The maximum absolute atomic E-state index is 12.9. The number of hydrogen-bond acceptors (Lipinski definition) is 3. The zero-order valence-corrected chi connectivity index (χ0v) is 9.05. The van der Waals surface area contributed by atoms with Gasteiger partial charge < -0.3 is 10.3 Å². The number of hydrogen-bond donors (Lipinski definition) is 2. The van der Waals surface area contributed by atoms with Gasteiger partial charge in [-0.1, -0.05) is 11.6 Å². The van der Waals surface area contributed by atoms with Crippen molar-refractivity contribution in [3.63, 3.8) is 0 Å². The van der Waals surface area contributed by atoms with E-state index < -0.39 is 17.2 Å². The number of aromatic amines is 1. The van der Waals surface area contributed by atoms with Gasteiger partial charge in [-0.2, -0.15) is 0 Å². The van der Waals surface area contributed by atoms with Crippen molar-refractivity contribution in [2.45, 2.75) is 0 Å². The number of H-pyrrole nitrogens is 1. The third-order valence-electron chi connectivity index (χ3n) is 1.98. The fourth-order valence-corrected chi connectivity index (χ4v) is 1.33. The Bertz CT molecular complexity index is 615. The Balaban J connectivity index is 2.35. The van der Waals surface area contributed by atoms with E-state index in [9.17, 15) is 13.6 Å². The summed E-state index contributed by atoms with van der Waals surface area (Å²) >= 11 is 5.68. The van der Waals surface area contributed by atoms with Gasteiger partial charge in [-0.05, 0) is 12.1 Å². The first-order valence-corrected chi connectivity index (χ1v) is 4.91. The Labute approximate surface area is 99.3 Å². The zero-order valence-electron chi connectivity index (χ0n) is 8.30. The smallest absolute Gasteiger partial charge is 0.271 e. The lowest BCUT2D eigenvalue weighted by molar-refractivity contribution is 0.509. The van der Waals surface area contributed by atoms with Crippen LogP contribution in [0.25, 0.3) is 0 Å². The van der Waals surface area contributed by atoms with Gasteiger partial charge >= 0.3 is 0 Å². The van der Waals surface area contributed by atoms with Crippen LogP contribution in [0.4, 0.5) is 20.3 Å². The van der Waals surface area contributed by atoms with Crippen molar-refractivity contribution >= 4 is 23.1 Å². The van der Waals surface area contributed by atoms with E-state index in [2.05, 4.69) is 15.3 Å². The van der Waals surface area contributed by atoms with E-state index in [0.29, 0.717) is 0 Å². The molecule has 0 radical (unpaired) electrons. The molecule has 7 heteroatoms. The molecule has 2 N–H and O–H groups in total. The van der Waals surface area contributed by atoms with Crippen molar-refractivity contribution in [1.82, 2.24) is 9.97 Å². The number of benzene rings is 1. The topological polar surface area (TPSA) is 57.8 Å². The highest BCUT2D eigenvalue weighted by molar-refractivity contribution is 6.32. The minimum Gasteiger partial charge on any atom is -0.339 e. The molecule has 0 aliphatic rings. The molecule has 2 aromatic rings. The first-order chi connectivity index (χ1) is 8.08. The standard InChI is InChI=1S/C10H6ClF2N3O/c11-8-9(14-4-15-10(8)17)16-5-1-2-6(12)7(13)3-5/h1-4H,(H2,14,15,16,17). The van der Waals surface area contributed by atoms with Crippen LogP contribution in [0.5, 0.6) is 0 Å². The van der Waals surface area contributed by atoms with E-state index >= 15 is 0 Å². The molecule has 0 atom stereocenters. The Hall–Kier alpha value is -1.95. The number of halogens is 3. The second kappa shape index (κ2) is 4.50. The average molecular weight is 258 g/mol. The summed E-state index contributed by atoms with van der Waals surface area (Å²) in [5, 5.41) is 2.46. The zero-order chi connectivity index (χ0) is 12.4. The largest absolute Gasteiger partial charge is 0.339 e. The number of rotatable bonds is 2. The van der Waals surface area contributed by atoms with Crippen LogP contribution in [0.15, 0.2) is 29.3 Å². The van der Waals surface area contributed by atoms with E-state index in [-0.39, 0.29) is 16.5 Å². The number of nitrogens with zero attached hydrogens (tertiary/aromatic N) is 1. The summed E-state index contributed by atoms with van der Waals surface area (Å²) < 4.78 is 25.6. The fourth-order valence-electron chi connectivity index (χ4n) is 1.18. The van der Waals surface area contributed by atoms with Crippen LogP contribution in [0.1, 0.15) is 0 Å². The van der Waals surface area contributed by atoms with Crippen molar-refractivity contribution in [1.29, 1.82) is 0 Å². The van der Waals surface area contributed by atoms with Crippen molar-refractivity contribution < 1.29 is 8.78 Å². The van der Waals surface area contributed by atoms with Gasteiger partial charge in [0.15, 0.2) is 17.5 Å². The lowest BCUT2D eigenvalue weighted by atomic mass is 10.3. The third kappa shape index (κ3) is 2.42. The fraction of sp³-hybridized carbons (Fsp3) is 0. The predicted octanol–water partition coefficient (Wildman–Crippen LogP) is 2.45. The Morgan fingerprint density at radius 3 is 2.76 bits per heavy atom. The molecule has 4 nitrogen and oxygen atoms in total. The van der Waals surface area contributed by atoms with E-state index in [1.54, 1.807) is 0 Å². The van der Waals surface area contributed by atoms with E-state index in [1.807, 2.05) is 0 Å². The van der Waals surface area contributed by atoms with Crippen LogP contribution in [-0.4, -0.2) is 9.97 Å². The van der Waals surface area contributed by atoms with Gasteiger partial charge in [0.1, 0.15) is 5.02 Å². The molecule has 0 amide bonds. The molecule has 17 heavy (non-hydrogen) atoms. The Kier molecular flexibility index (Phi) is 3.06. The number of aromatic nitrogens is 2. The lowest BCUT2D eigenvalue weighted by Crippen LogP contribution is -2.09. The van der Waals surface area contributed by atoms with E-state index in [4.69, 9.17) is 11.6 Å². The summed E-state index contributed by atoms with van der Waals surface area (Å²) in [5.74, 6) is -1.89. The van der Waals surface area contributed by atoms with Crippen LogP contribution in [0.2, 0.25) is 5.02 Å². The van der Waals surface area contributed by atoms with Crippen LogP contribution in [-0.2, 0) is 0 Å². The van der Waals surface area contributed by atoms with Crippen LogP contribution < -0.4 is 10.9 Å².